The quantitative estimate of drug-likeness (QED) is 0.825. The molecular weight excluding hydrogens is 228 g/mol. The molecule has 1 saturated heterocycles. The molecule has 0 aliphatic carbocycles. The van der Waals surface area contributed by atoms with Crippen LogP contribution in [0.4, 0.5) is 0 Å². The van der Waals surface area contributed by atoms with Crippen molar-refractivity contribution in [3.05, 3.63) is 35.4 Å². The van der Waals surface area contributed by atoms with E-state index in [4.69, 9.17) is 10.5 Å². The SMILES string of the molecule is Cc1ccccc1C(CN)N1CCOCC1CO. The van der Waals surface area contributed by atoms with E-state index in [0.29, 0.717) is 19.8 Å². The number of benzene rings is 1. The first-order valence-corrected chi connectivity index (χ1v) is 6.48. The molecule has 1 aromatic carbocycles. The summed E-state index contributed by atoms with van der Waals surface area (Å²) in [5, 5.41) is 9.46. The first-order chi connectivity index (χ1) is 8.77. The fraction of sp³-hybridized carbons (Fsp3) is 0.571. The van der Waals surface area contributed by atoms with Crippen LogP contribution in [0.2, 0.25) is 0 Å². The summed E-state index contributed by atoms with van der Waals surface area (Å²) in [6, 6.07) is 8.51. The van der Waals surface area contributed by atoms with Gasteiger partial charge in [-0.15, -0.1) is 0 Å². The van der Waals surface area contributed by atoms with E-state index in [2.05, 4.69) is 24.0 Å². The van der Waals surface area contributed by atoms with Gasteiger partial charge in [-0.1, -0.05) is 24.3 Å². The third-order valence-corrected chi connectivity index (χ3v) is 3.65. The van der Waals surface area contributed by atoms with Crippen LogP contribution in [-0.4, -0.2) is 49.0 Å². The molecule has 2 rings (SSSR count). The average molecular weight is 250 g/mol. The number of nitrogens with zero attached hydrogens (tertiary/aromatic N) is 1. The van der Waals surface area contributed by atoms with E-state index in [1.54, 1.807) is 0 Å². The van der Waals surface area contributed by atoms with Crippen molar-refractivity contribution in [3.8, 4) is 0 Å². The number of aliphatic hydroxyl groups is 1. The molecule has 4 nitrogen and oxygen atoms in total. The lowest BCUT2D eigenvalue weighted by Crippen LogP contribution is -2.50. The van der Waals surface area contributed by atoms with E-state index < -0.39 is 0 Å². The van der Waals surface area contributed by atoms with Crippen molar-refractivity contribution in [3.63, 3.8) is 0 Å². The molecule has 1 aromatic rings. The molecule has 0 spiro atoms. The number of hydrogen-bond donors (Lipinski definition) is 2. The van der Waals surface area contributed by atoms with Crippen molar-refractivity contribution < 1.29 is 9.84 Å². The van der Waals surface area contributed by atoms with Crippen LogP contribution in [0.15, 0.2) is 24.3 Å². The van der Waals surface area contributed by atoms with Crippen molar-refractivity contribution in [1.29, 1.82) is 0 Å². The number of morpholine rings is 1. The summed E-state index contributed by atoms with van der Waals surface area (Å²) < 4.78 is 5.42. The fourth-order valence-electron chi connectivity index (χ4n) is 2.64. The number of ether oxygens (including phenoxy) is 1. The molecule has 4 heteroatoms. The Kier molecular flexibility index (Phi) is 4.72. The lowest BCUT2D eigenvalue weighted by Gasteiger charge is -2.40. The van der Waals surface area contributed by atoms with Gasteiger partial charge >= 0.3 is 0 Å². The summed E-state index contributed by atoms with van der Waals surface area (Å²) in [6.45, 7) is 4.88. The topological polar surface area (TPSA) is 58.7 Å². The number of aliphatic hydroxyl groups excluding tert-OH is 1. The molecule has 1 aliphatic heterocycles. The molecule has 0 aromatic heterocycles. The van der Waals surface area contributed by atoms with Gasteiger partial charge in [-0.2, -0.15) is 0 Å². The van der Waals surface area contributed by atoms with Crippen LogP contribution in [0.5, 0.6) is 0 Å². The molecule has 0 amide bonds. The Morgan fingerprint density at radius 2 is 2.28 bits per heavy atom. The Morgan fingerprint density at radius 3 is 2.94 bits per heavy atom. The normalized spacial score (nSPS) is 22.9. The molecule has 1 aliphatic rings. The van der Waals surface area contributed by atoms with Crippen LogP contribution >= 0.6 is 0 Å². The predicted octanol–water partition coefficient (Wildman–Crippen LogP) is 0.688. The van der Waals surface area contributed by atoms with Gasteiger partial charge in [0.15, 0.2) is 0 Å². The summed E-state index contributed by atoms with van der Waals surface area (Å²) in [4.78, 5) is 2.27. The molecule has 100 valence electrons. The predicted molar refractivity (Wildman–Crippen MR) is 71.4 cm³/mol. The molecule has 2 unspecified atom stereocenters. The van der Waals surface area contributed by atoms with Crippen LogP contribution in [0, 0.1) is 6.92 Å². The van der Waals surface area contributed by atoms with Gasteiger partial charge in [0.25, 0.3) is 0 Å². The minimum absolute atomic E-state index is 0.0481. The Labute approximate surface area is 108 Å². The van der Waals surface area contributed by atoms with Crippen LogP contribution < -0.4 is 5.73 Å². The van der Waals surface area contributed by atoms with E-state index in [0.717, 1.165) is 6.54 Å². The van der Waals surface area contributed by atoms with Crippen LogP contribution in [0.1, 0.15) is 17.2 Å². The second-order valence-electron chi connectivity index (χ2n) is 4.76. The maximum Gasteiger partial charge on any atom is 0.0645 e. The molecule has 1 heterocycles. The third kappa shape index (κ3) is 2.72. The molecule has 3 N–H and O–H groups in total. The lowest BCUT2D eigenvalue weighted by atomic mass is 9.98. The Hall–Kier alpha value is -0.940. The average Bonchev–Trinajstić information content (AvgIpc) is 2.42. The molecular formula is C14H22N2O2. The molecule has 18 heavy (non-hydrogen) atoms. The van der Waals surface area contributed by atoms with E-state index in [-0.39, 0.29) is 18.7 Å². The van der Waals surface area contributed by atoms with Gasteiger partial charge in [-0.3, -0.25) is 4.90 Å². The second-order valence-corrected chi connectivity index (χ2v) is 4.76. The maximum atomic E-state index is 9.46. The number of aryl methyl sites for hydroxylation is 1. The van der Waals surface area contributed by atoms with E-state index in [9.17, 15) is 5.11 Å². The molecule has 0 bridgehead atoms. The summed E-state index contributed by atoms with van der Waals surface area (Å²) in [5.41, 5.74) is 8.45. The molecule has 0 radical (unpaired) electrons. The van der Waals surface area contributed by atoms with Crippen LogP contribution in [0.25, 0.3) is 0 Å². The van der Waals surface area contributed by atoms with Crippen LogP contribution in [-0.2, 0) is 4.74 Å². The van der Waals surface area contributed by atoms with Crippen molar-refractivity contribution in [2.45, 2.75) is 19.0 Å². The van der Waals surface area contributed by atoms with Crippen LogP contribution in [0.3, 0.4) is 0 Å². The zero-order chi connectivity index (χ0) is 13.0. The Bertz CT molecular complexity index is 384. The summed E-state index contributed by atoms with van der Waals surface area (Å²) in [7, 11) is 0. The highest BCUT2D eigenvalue weighted by atomic mass is 16.5. The minimum Gasteiger partial charge on any atom is -0.395 e. The molecule has 1 fully saturated rings. The van der Waals surface area contributed by atoms with Gasteiger partial charge in [0, 0.05) is 19.1 Å². The highest BCUT2D eigenvalue weighted by molar-refractivity contribution is 5.29. The highest BCUT2D eigenvalue weighted by Gasteiger charge is 2.29. The molecule has 2 atom stereocenters. The van der Waals surface area contributed by atoms with E-state index >= 15 is 0 Å². The lowest BCUT2D eigenvalue weighted by molar-refractivity contribution is -0.0464. The number of hydrogen-bond acceptors (Lipinski definition) is 4. The smallest absolute Gasteiger partial charge is 0.0645 e. The second kappa shape index (κ2) is 6.29. The minimum atomic E-state index is 0.0481. The van der Waals surface area contributed by atoms with Crippen molar-refractivity contribution >= 4 is 0 Å². The van der Waals surface area contributed by atoms with E-state index in [1.807, 2.05) is 12.1 Å². The fourth-order valence-corrected chi connectivity index (χ4v) is 2.64. The number of rotatable bonds is 4. The third-order valence-electron chi connectivity index (χ3n) is 3.65. The standard InChI is InChI=1S/C14H22N2O2/c1-11-4-2-3-5-13(11)14(8-15)16-6-7-18-10-12(16)9-17/h2-5,12,14,17H,6-10,15H2,1H3. The zero-order valence-electron chi connectivity index (χ0n) is 10.9. The van der Waals surface area contributed by atoms with Gasteiger partial charge in [0.05, 0.1) is 25.9 Å². The van der Waals surface area contributed by atoms with Crippen molar-refractivity contribution in [1.82, 2.24) is 4.90 Å². The highest BCUT2D eigenvalue weighted by Crippen LogP contribution is 2.26. The monoisotopic (exact) mass is 250 g/mol. The first kappa shape index (κ1) is 13.5. The zero-order valence-corrected chi connectivity index (χ0v) is 10.9. The van der Waals surface area contributed by atoms with Gasteiger partial charge < -0.3 is 15.6 Å². The largest absolute Gasteiger partial charge is 0.395 e. The summed E-state index contributed by atoms with van der Waals surface area (Å²) in [6.07, 6.45) is 0. The molecule has 0 saturated carbocycles. The number of nitrogens with two attached hydrogens (primary N) is 1. The maximum absolute atomic E-state index is 9.46. The van der Waals surface area contributed by atoms with Crippen molar-refractivity contribution in [2.24, 2.45) is 5.73 Å². The van der Waals surface area contributed by atoms with Gasteiger partial charge in [0.1, 0.15) is 0 Å². The van der Waals surface area contributed by atoms with Crippen molar-refractivity contribution in [2.75, 3.05) is 32.9 Å². The summed E-state index contributed by atoms with van der Waals surface area (Å²) >= 11 is 0. The first-order valence-electron chi connectivity index (χ1n) is 6.48. The van der Waals surface area contributed by atoms with Gasteiger partial charge in [0.2, 0.25) is 0 Å². The van der Waals surface area contributed by atoms with E-state index in [1.165, 1.54) is 11.1 Å². The van der Waals surface area contributed by atoms with Gasteiger partial charge in [-0.25, -0.2) is 0 Å². The Morgan fingerprint density at radius 1 is 1.50 bits per heavy atom. The van der Waals surface area contributed by atoms with Gasteiger partial charge in [-0.05, 0) is 18.1 Å². The Balaban J connectivity index is 2.24. The summed E-state index contributed by atoms with van der Waals surface area (Å²) in [5.74, 6) is 0.